The molecule has 23 heavy (non-hydrogen) atoms. The summed E-state index contributed by atoms with van der Waals surface area (Å²) in [4.78, 5) is 22.7. The Hall–Kier alpha value is -1.90. The Labute approximate surface area is 129 Å². The van der Waals surface area contributed by atoms with Crippen molar-refractivity contribution in [2.24, 2.45) is 5.92 Å². The second-order valence-electron chi connectivity index (χ2n) is 5.73. The van der Waals surface area contributed by atoms with Crippen molar-refractivity contribution in [1.29, 1.82) is 0 Å². The molecule has 1 amide bonds. The third-order valence-corrected chi connectivity index (χ3v) is 3.58. The Morgan fingerprint density at radius 1 is 1.39 bits per heavy atom. The number of carboxylic acid groups (broad SMARTS) is 1. The highest BCUT2D eigenvalue weighted by atomic mass is 19.4. The number of carbonyl (C=O) groups is 2. The van der Waals surface area contributed by atoms with Gasteiger partial charge in [0.15, 0.2) is 11.4 Å². The summed E-state index contributed by atoms with van der Waals surface area (Å²) in [5.41, 5.74) is -7.36. The number of nitrogens with one attached hydrogen (secondary N) is 1. The quantitative estimate of drug-likeness (QED) is 0.749. The number of carbonyl (C=O) groups excluding carboxylic acids is 2. The molecule has 0 aliphatic heterocycles. The largest absolute Gasteiger partial charge is 0.530 e. The van der Waals surface area contributed by atoms with E-state index < -0.39 is 46.9 Å². The fourth-order valence-corrected chi connectivity index (χ4v) is 2.12. The summed E-state index contributed by atoms with van der Waals surface area (Å²) in [5, 5.41) is 21.9. The Morgan fingerprint density at radius 2 is 1.91 bits per heavy atom. The summed E-state index contributed by atoms with van der Waals surface area (Å²) in [6, 6.07) is -1.75. The number of hydrogen-bond acceptors (Lipinski definition) is 4. The number of alkyl halides is 4. The van der Waals surface area contributed by atoms with E-state index in [9.17, 15) is 33.0 Å². The summed E-state index contributed by atoms with van der Waals surface area (Å²) in [5.74, 6) is -2.05. The van der Waals surface area contributed by atoms with Crippen LogP contribution in [0.1, 0.15) is 20.8 Å². The third-order valence-electron chi connectivity index (χ3n) is 3.58. The van der Waals surface area contributed by atoms with Gasteiger partial charge in [-0.05, 0) is 18.6 Å². The Morgan fingerprint density at radius 3 is 2.30 bits per heavy atom. The number of Topliss-reactive ketones (excluding diaryl/α,β-unsaturated/α-hetero) is 1. The molecule has 1 aliphatic rings. The van der Waals surface area contributed by atoms with Gasteiger partial charge in [0.1, 0.15) is 6.09 Å². The first kappa shape index (κ1) is 19.1. The van der Waals surface area contributed by atoms with Gasteiger partial charge in [0, 0.05) is 5.92 Å². The van der Waals surface area contributed by atoms with E-state index in [0.29, 0.717) is 13.0 Å². The van der Waals surface area contributed by atoms with Crippen LogP contribution in [-0.2, 0) is 4.79 Å². The number of hydrogen-bond donors (Lipinski definition) is 2. The van der Waals surface area contributed by atoms with Gasteiger partial charge in [0.2, 0.25) is 5.67 Å². The van der Waals surface area contributed by atoms with E-state index in [4.69, 9.17) is 0 Å². The first-order valence-electron chi connectivity index (χ1n) is 6.65. The molecule has 130 valence electrons. The lowest BCUT2D eigenvalue weighted by Gasteiger charge is -2.37. The van der Waals surface area contributed by atoms with Crippen molar-refractivity contribution in [3.63, 3.8) is 0 Å². The zero-order valence-electron chi connectivity index (χ0n) is 12.6. The molecule has 1 aliphatic carbocycles. The normalized spacial score (nSPS) is 27.3. The molecule has 0 saturated heterocycles. The summed E-state index contributed by atoms with van der Waals surface area (Å²) in [6.07, 6.45) is -5.23. The minimum atomic E-state index is -5.11. The molecule has 0 aromatic heterocycles. The zero-order chi connectivity index (χ0) is 18.2. The molecule has 0 aromatic rings. The van der Waals surface area contributed by atoms with Gasteiger partial charge in [-0.25, -0.2) is 4.39 Å². The highest BCUT2D eigenvalue weighted by molar-refractivity contribution is 5.93. The standard InChI is InChI=1S/C14H17F4NO4/c1-7(2)10(20)13(15)6-8(12(3,23)14(16,17)18)4-5-9(13)19-11(21)22/h4-7,9,19,23H,1-3H3,(H,21,22)/p-1. The van der Waals surface area contributed by atoms with Crippen molar-refractivity contribution in [2.45, 2.75) is 44.3 Å². The van der Waals surface area contributed by atoms with E-state index in [-0.39, 0.29) is 0 Å². The first-order chi connectivity index (χ1) is 10.2. The molecular weight excluding hydrogens is 322 g/mol. The van der Waals surface area contributed by atoms with Crippen LogP contribution in [0, 0.1) is 5.92 Å². The molecule has 0 spiro atoms. The molecular formula is C14H16F4NO4-. The lowest BCUT2D eigenvalue weighted by molar-refractivity contribution is -0.252. The third kappa shape index (κ3) is 3.54. The molecule has 0 radical (unpaired) electrons. The molecule has 2 N–H and O–H groups in total. The lowest BCUT2D eigenvalue weighted by Crippen LogP contribution is -2.58. The Kier molecular flexibility index (Phi) is 4.95. The number of ketones is 1. The van der Waals surface area contributed by atoms with Crippen molar-refractivity contribution in [2.75, 3.05) is 0 Å². The summed E-state index contributed by atoms with van der Waals surface area (Å²) in [7, 11) is 0. The number of rotatable bonds is 4. The second-order valence-corrected chi connectivity index (χ2v) is 5.73. The molecule has 3 unspecified atom stereocenters. The van der Waals surface area contributed by atoms with Crippen LogP contribution < -0.4 is 10.4 Å². The van der Waals surface area contributed by atoms with Gasteiger partial charge >= 0.3 is 6.18 Å². The maximum absolute atomic E-state index is 15.1. The maximum Gasteiger partial charge on any atom is 0.421 e. The van der Waals surface area contributed by atoms with Crippen molar-refractivity contribution in [3.05, 3.63) is 23.8 Å². The fourth-order valence-electron chi connectivity index (χ4n) is 2.12. The van der Waals surface area contributed by atoms with Gasteiger partial charge in [-0.2, -0.15) is 13.2 Å². The van der Waals surface area contributed by atoms with Gasteiger partial charge < -0.3 is 20.3 Å². The van der Waals surface area contributed by atoms with Crippen LogP contribution in [0.25, 0.3) is 0 Å². The Balaban J connectivity index is 3.40. The summed E-state index contributed by atoms with van der Waals surface area (Å²) < 4.78 is 53.8. The first-order valence-corrected chi connectivity index (χ1v) is 6.65. The van der Waals surface area contributed by atoms with Gasteiger partial charge in [0.25, 0.3) is 0 Å². The van der Waals surface area contributed by atoms with Crippen LogP contribution in [0.15, 0.2) is 23.8 Å². The molecule has 0 fully saturated rings. The van der Waals surface area contributed by atoms with Gasteiger partial charge in [-0.3, -0.25) is 4.79 Å². The van der Waals surface area contributed by atoms with E-state index in [1.807, 2.05) is 0 Å². The average molecular weight is 338 g/mol. The van der Waals surface area contributed by atoms with Crippen molar-refractivity contribution >= 4 is 11.9 Å². The van der Waals surface area contributed by atoms with E-state index in [0.717, 1.165) is 12.2 Å². The molecule has 0 saturated carbocycles. The van der Waals surface area contributed by atoms with E-state index >= 15 is 4.39 Å². The predicted octanol–water partition coefficient (Wildman–Crippen LogP) is 1.03. The summed E-state index contributed by atoms with van der Waals surface area (Å²) in [6.45, 7) is 3.04. The van der Waals surface area contributed by atoms with Gasteiger partial charge in [-0.15, -0.1) is 0 Å². The predicted molar refractivity (Wildman–Crippen MR) is 69.9 cm³/mol. The molecule has 1 rings (SSSR count). The second kappa shape index (κ2) is 5.95. The lowest BCUT2D eigenvalue weighted by atomic mass is 9.77. The van der Waals surface area contributed by atoms with E-state index in [2.05, 4.69) is 0 Å². The molecule has 0 bridgehead atoms. The van der Waals surface area contributed by atoms with Crippen LogP contribution in [-0.4, -0.2) is 40.5 Å². The molecule has 0 heterocycles. The maximum atomic E-state index is 15.1. The topological polar surface area (TPSA) is 89.5 Å². The molecule has 3 atom stereocenters. The highest BCUT2D eigenvalue weighted by Gasteiger charge is 2.55. The molecule has 0 aromatic carbocycles. The van der Waals surface area contributed by atoms with Crippen molar-refractivity contribution < 1.29 is 37.4 Å². The Bertz CT molecular complexity index is 566. The fraction of sp³-hybridized carbons (Fsp3) is 0.571. The van der Waals surface area contributed by atoms with Crippen LogP contribution in [0.2, 0.25) is 0 Å². The summed E-state index contributed by atoms with van der Waals surface area (Å²) >= 11 is 0. The van der Waals surface area contributed by atoms with Gasteiger partial charge in [-0.1, -0.05) is 26.0 Å². The van der Waals surface area contributed by atoms with Gasteiger partial charge in [0.05, 0.1) is 6.04 Å². The van der Waals surface area contributed by atoms with E-state index in [1.165, 1.54) is 13.8 Å². The number of halogens is 4. The van der Waals surface area contributed by atoms with Crippen molar-refractivity contribution in [1.82, 2.24) is 5.32 Å². The smallest absolute Gasteiger partial charge is 0.421 e. The monoisotopic (exact) mass is 338 g/mol. The minimum Gasteiger partial charge on any atom is -0.530 e. The molecule has 9 heteroatoms. The number of aliphatic hydroxyl groups is 1. The van der Waals surface area contributed by atoms with Crippen LogP contribution in [0.5, 0.6) is 0 Å². The average Bonchev–Trinajstić information content (AvgIpc) is 2.38. The highest BCUT2D eigenvalue weighted by Crippen LogP contribution is 2.40. The van der Waals surface area contributed by atoms with E-state index in [1.54, 1.807) is 5.32 Å². The van der Waals surface area contributed by atoms with Crippen LogP contribution in [0.4, 0.5) is 22.4 Å². The minimum absolute atomic E-state index is 0.309. The van der Waals surface area contributed by atoms with Crippen LogP contribution in [0.3, 0.4) is 0 Å². The van der Waals surface area contributed by atoms with Crippen LogP contribution >= 0.6 is 0 Å². The zero-order valence-corrected chi connectivity index (χ0v) is 12.6. The van der Waals surface area contributed by atoms with Crippen molar-refractivity contribution in [3.8, 4) is 0 Å². The SMILES string of the molecule is CC(C)C(=O)C1(F)C=C(C(C)(O)C(F)(F)F)C=CC1NC(=O)[O-]. The number of amides is 1. The molecule has 5 nitrogen and oxygen atoms in total.